The Bertz CT molecular complexity index is 916. The van der Waals surface area contributed by atoms with Crippen molar-refractivity contribution in [2.75, 3.05) is 31.1 Å². The maximum Gasteiger partial charge on any atom is 0.335 e. The number of fused-ring (bicyclic) bond motifs is 1. The summed E-state index contributed by atoms with van der Waals surface area (Å²) in [5, 5.41) is 3.94. The van der Waals surface area contributed by atoms with Gasteiger partial charge in [-0.1, -0.05) is 50.2 Å². The highest BCUT2D eigenvalue weighted by atomic mass is 16.2. The van der Waals surface area contributed by atoms with Crippen LogP contribution in [0, 0.1) is 5.92 Å². The van der Waals surface area contributed by atoms with E-state index in [1.165, 1.54) is 6.21 Å². The van der Waals surface area contributed by atoms with E-state index in [-0.39, 0.29) is 0 Å². The molecule has 1 unspecified atom stereocenters. The minimum atomic E-state index is -1.12. The Morgan fingerprint density at radius 2 is 1.79 bits per heavy atom. The number of amides is 4. The molecule has 1 aliphatic rings. The number of aliphatic imine (C=N–C) groups is 1. The number of hydrogen-bond donors (Lipinski definition) is 1. The van der Waals surface area contributed by atoms with Gasteiger partial charge in [-0.05, 0) is 24.5 Å². The molecule has 28 heavy (non-hydrogen) atoms. The summed E-state index contributed by atoms with van der Waals surface area (Å²) in [5.74, 6) is -2.34. The number of nitrogens with zero attached hydrogens (tertiary/aromatic N) is 3. The van der Waals surface area contributed by atoms with Gasteiger partial charge >= 0.3 is 6.03 Å². The van der Waals surface area contributed by atoms with Gasteiger partial charge < -0.3 is 4.90 Å². The molecule has 0 bridgehead atoms. The van der Waals surface area contributed by atoms with Crippen molar-refractivity contribution < 1.29 is 14.4 Å². The molecule has 3 rings (SSSR count). The lowest BCUT2D eigenvalue weighted by atomic mass is 10.0. The van der Waals surface area contributed by atoms with Gasteiger partial charge in [0.2, 0.25) is 5.91 Å². The number of urea groups is 1. The SMILES string of the molecule is CCN(CC)CCN=CC1C(=O)NC(=O)N(c2cccc3ccccc23)C1=O. The van der Waals surface area contributed by atoms with Crippen molar-refractivity contribution in [1.29, 1.82) is 0 Å². The Kier molecular flexibility index (Phi) is 6.16. The van der Waals surface area contributed by atoms with Crippen LogP contribution in [0.5, 0.6) is 0 Å². The van der Waals surface area contributed by atoms with Crippen molar-refractivity contribution in [3.63, 3.8) is 0 Å². The van der Waals surface area contributed by atoms with E-state index in [2.05, 4.69) is 29.1 Å². The standard InChI is InChI=1S/C21H24N4O3/c1-3-24(4-2)13-12-22-14-17-19(26)23-21(28)25(20(17)27)18-11-7-9-15-8-5-6-10-16(15)18/h5-11,14,17H,3-4,12-13H2,1-2H3,(H,23,26,28). The number of carbonyl (C=O) groups excluding carboxylic acids is 3. The average molecular weight is 380 g/mol. The Balaban J connectivity index is 1.84. The topological polar surface area (TPSA) is 82.1 Å². The number of hydrogen-bond acceptors (Lipinski definition) is 5. The van der Waals surface area contributed by atoms with E-state index >= 15 is 0 Å². The van der Waals surface area contributed by atoms with Crippen LogP contribution in [-0.2, 0) is 9.59 Å². The predicted octanol–water partition coefficient (Wildman–Crippen LogP) is 2.45. The van der Waals surface area contributed by atoms with Gasteiger partial charge in [0.1, 0.15) is 0 Å². The summed E-state index contributed by atoms with van der Waals surface area (Å²) < 4.78 is 0. The Morgan fingerprint density at radius 1 is 1.07 bits per heavy atom. The lowest BCUT2D eigenvalue weighted by Crippen LogP contribution is -2.58. The van der Waals surface area contributed by atoms with Crippen LogP contribution in [0.25, 0.3) is 10.8 Å². The number of barbiturate groups is 1. The zero-order chi connectivity index (χ0) is 20.1. The molecule has 1 aliphatic heterocycles. The number of anilines is 1. The molecule has 0 aliphatic carbocycles. The number of carbonyl (C=O) groups is 3. The average Bonchev–Trinajstić information content (AvgIpc) is 2.70. The minimum absolute atomic E-state index is 0.453. The summed E-state index contributed by atoms with van der Waals surface area (Å²) >= 11 is 0. The van der Waals surface area contributed by atoms with Crippen LogP contribution < -0.4 is 10.2 Å². The first-order valence-electron chi connectivity index (χ1n) is 9.45. The lowest BCUT2D eigenvalue weighted by Gasteiger charge is -2.29. The Morgan fingerprint density at radius 3 is 2.54 bits per heavy atom. The molecule has 7 heteroatoms. The summed E-state index contributed by atoms with van der Waals surface area (Å²) in [6.07, 6.45) is 1.35. The molecule has 2 aromatic rings. The highest BCUT2D eigenvalue weighted by molar-refractivity contribution is 6.33. The zero-order valence-electron chi connectivity index (χ0n) is 16.1. The first-order chi connectivity index (χ1) is 13.6. The van der Waals surface area contributed by atoms with Crippen LogP contribution in [0.3, 0.4) is 0 Å². The van der Waals surface area contributed by atoms with Gasteiger partial charge in [0.15, 0.2) is 5.92 Å². The van der Waals surface area contributed by atoms with E-state index in [1.54, 1.807) is 12.1 Å². The smallest absolute Gasteiger partial charge is 0.302 e. The first-order valence-corrected chi connectivity index (χ1v) is 9.45. The maximum atomic E-state index is 13.0. The van der Waals surface area contributed by atoms with E-state index in [4.69, 9.17) is 0 Å². The van der Waals surface area contributed by atoms with E-state index in [1.807, 2.05) is 30.3 Å². The van der Waals surface area contributed by atoms with Crippen LogP contribution in [0.15, 0.2) is 47.5 Å². The maximum absolute atomic E-state index is 13.0. The number of nitrogens with one attached hydrogen (secondary N) is 1. The van der Waals surface area contributed by atoms with E-state index in [9.17, 15) is 14.4 Å². The number of likely N-dealkylation sites (N-methyl/N-ethyl adjacent to an activating group) is 1. The van der Waals surface area contributed by atoms with Crippen LogP contribution >= 0.6 is 0 Å². The van der Waals surface area contributed by atoms with E-state index < -0.39 is 23.8 Å². The molecular formula is C21H24N4O3. The number of benzene rings is 2. The molecule has 0 saturated carbocycles. The molecule has 1 atom stereocenters. The molecule has 146 valence electrons. The van der Waals surface area contributed by atoms with Crippen molar-refractivity contribution in [3.8, 4) is 0 Å². The molecular weight excluding hydrogens is 356 g/mol. The molecule has 4 amide bonds. The van der Waals surface area contributed by atoms with Crippen molar-refractivity contribution >= 4 is 40.5 Å². The Hall–Kier alpha value is -3.06. The van der Waals surface area contributed by atoms with Crippen molar-refractivity contribution in [3.05, 3.63) is 42.5 Å². The fourth-order valence-electron chi connectivity index (χ4n) is 3.27. The van der Waals surface area contributed by atoms with Gasteiger partial charge in [-0.25, -0.2) is 9.69 Å². The normalized spacial score (nSPS) is 17.8. The summed E-state index contributed by atoms with van der Waals surface area (Å²) in [6, 6.07) is 12.1. The molecule has 1 saturated heterocycles. The molecule has 1 fully saturated rings. The minimum Gasteiger partial charge on any atom is -0.302 e. The van der Waals surface area contributed by atoms with Gasteiger partial charge in [-0.2, -0.15) is 0 Å². The van der Waals surface area contributed by atoms with Crippen molar-refractivity contribution in [2.45, 2.75) is 13.8 Å². The molecule has 2 aromatic carbocycles. The highest BCUT2D eigenvalue weighted by Gasteiger charge is 2.40. The van der Waals surface area contributed by atoms with Crippen molar-refractivity contribution in [2.24, 2.45) is 10.9 Å². The van der Waals surface area contributed by atoms with E-state index in [0.29, 0.717) is 12.2 Å². The van der Waals surface area contributed by atoms with E-state index in [0.717, 1.165) is 35.3 Å². The van der Waals surface area contributed by atoms with Crippen LogP contribution in [0.4, 0.5) is 10.5 Å². The first kappa shape index (κ1) is 19.7. The largest absolute Gasteiger partial charge is 0.335 e. The second-order valence-electron chi connectivity index (χ2n) is 6.53. The fraction of sp³-hybridized carbons (Fsp3) is 0.333. The van der Waals surface area contributed by atoms with Crippen LogP contribution in [0.2, 0.25) is 0 Å². The molecule has 0 aromatic heterocycles. The van der Waals surface area contributed by atoms with Gasteiger partial charge in [0.05, 0.1) is 12.2 Å². The molecule has 7 nitrogen and oxygen atoms in total. The molecule has 0 spiro atoms. The fourth-order valence-corrected chi connectivity index (χ4v) is 3.27. The van der Waals surface area contributed by atoms with Gasteiger partial charge in [-0.3, -0.25) is 19.9 Å². The second kappa shape index (κ2) is 8.75. The summed E-state index contributed by atoms with van der Waals surface area (Å²) in [6.45, 7) is 7.20. The number of rotatable bonds is 7. The van der Waals surface area contributed by atoms with Gasteiger partial charge in [0.25, 0.3) is 5.91 Å². The number of imide groups is 2. The third kappa shape index (κ3) is 3.94. The summed E-state index contributed by atoms with van der Waals surface area (Å²) in [5.41, 5.74) is 0.453. The summed E-state index contributed by atoms with van der Waals surface area (Å²) in [4.78, 5) is 45.1. The van der Waals surface area contributed by atoms with Gasteiger partial charge in [-0.15, -0.1) is 0 Å². The van der Waals surface area contributed by atoms with Crippen molar-refractivity contribution in [1.82, 2.24) is 10.2 Å². The third-order valence-electron chi connectivity index (χ3n) is 4.90. The van der Waals surface area contributed by atoms with Gasteiger partial charge in [0, 0.05) is 18.1 Å². The molecule has 1 heterocycles. The third-order valence-corrected chi connectivity index (χ3v) is 4.90. The van der Waals surface area contributed by atoms with Crippen LogP contribution in [-0.4, -0.2) is 55.1 Å². The molecule has 0 radical (unpaired) electrons. The highest BCUT2D eigenvalue weighted by Crippen LogP contribution is 2.29. The van der Waals surface area contributed by atoms with Crippen LogP contribution in [0.1, 0.15) is 13.8 Å². The predicted molar refractivity (Wildman–Crippen MR) is 110 cm³/mol. The lowest BCUT2D eigenvalue weighted by molar-refractivity contribution is -0.131. The summed E-state index contributed by atoms with van der Waals surface area (Å²) in [7, 11) is 0. The molecule has 1 N–H and O–H groups in total. The second-order valence-corrected chi connectivity index (χ2v) is 6.53. The quantitative estimate of drug-likeness (QED) is 0.591. The zero-order valence-corrected chi connectivity index (χ0v) is 16.1. The Labute approximate surface area is 164 Å². The monoisotopic (exact) mass is 380 g/mol.